The number of aromatic nitrogens is 1. The zero-order chi connectivity index (χ0) is 12.5. The van der Waals surface area contributed by atoms with Gasteiger partial charge in [-0.05, 0) is 37.4 Å². The van der Waals surface area contributed by atoms with Gasteiger partial charge in [0.1, 0.15) is 5.76 Å². The number of fused-ring (bicyclic) bond motifs is 1. The minimum absolute atomic E-state index is 0.529. The second-order valence-electron chi connectivity index (χ2n) is 4.71. The van der Waals surface area contributed by atoms with Gasteiger partial charge in [0, 0.05) is 6.42 Å². The van der Waals surface area contributed by atoms with Gasteiger partial charge in [-0.25, -0.2) is 4.98 Å². The summed E-state index contributed by atoms with van der Waals surface area (Å²) in [5.41, 5.74) is 7.63. The molecule has 94 valence electrons. The predicted molar refractivity (Wildman–Crippen MR) is 71.5 cm³/mol. The smallest absolute Gasteiger partial charge is 0.228 e. The molecular formula is C14H15ClN2O. The molecule has 3 rings (SSSR count). The summed E-state index contributed by atoms with van der Waals surface area (Å²) in [6.07, 6.45) is 2.93. The Hall–Kier alpha value is -1.32. The van der Waals surface area contributed by atoms with Crippen molar-refractivity contribution >= 4 is 11.6 Å². The van der Waals surface area contributed by atoms with Crippen LogP contribution in [-0.2, 0) is 12.8 Å². The van der Waals surface area contributed by atoms with Gasteiger partial charge in [0.15, 0.2) is 0 Å². The van der Waals surface area contributed by atoms with Crippen LogP contribution in [0.5, 0.6) is 0 Å². The first-order valence-corrected chi connectivity index (χ1v) is 6.59. The van der Waals surface area contributed by atoms with E-state index in [0.29, 0.717) is 23.4 Å². The normalized spacial score (nSPS) is 18.7. The number of oxazole rings is 1. The van der Waals surface area contributed by atoms with Crippen molar-refractivity contribution in [3.05, 3.63) is 40.7 Å². The molecule has 0 saturated heterocycles. The van der Waals surface area contributed by atoms with Crippen molar-refractivity contribution < 1.29 is 4.42 Å². The van der Waals surface area contributed by atoms with Crippen LogP contribution >= 0.6 is 11.6 Å². The van der Waals surface area contributed by atoms with Crippen LogP contribution in [0.15, 0.2) is 28.7 Å². The molecule has 0 aliphatic heterocycles. The summed E-state index contributed by atoms with van der Waals surface area (Å²) >= 11 is 6.16. The summed E-state index contributed by atoms with van der Waals surface area (Å²) in [4.78, 5) is 4.57. The Bertz CT molecular complexity index is 565. The summed E-state index contributed by atoms with van der Waals surface area (Å²) < 4.78 is 5.83. The Labute approximate surface area is 111 Å². The lowest BCUT2D eigenvalue weighted by atomic mass is 9.90. The highest BCUT2D eigenvalue weighted by Gasteiger charge is 2.24. The van der Waals surface area contributed by atoms with E-state index in [-0.39, 0.29) is 0 Å². The van der Waals surface area contributed by atoms with Crippen molar-refractivity contribution in [2.75, 3.05) is 6.54 Å². The molecule has 1 heterocycles. The molecule has 0 saturated carbocycles. The van der Waals surface area contributed by atoms with Gasteiger partial charge < -0.3 is 10.2 Å². The molecule has 18 heavy (non-hydrogen) atoms. The molecule has 0 amide bonds. The van der Waals surface area contributed by atoms with Crippen LogP contribution in [0.3, 0.4) is 0 Å². The van der Waals surface area contributed by atoms with Gasteiger partial charge in [0.25, 0.3) is 0 Å². The van der Waals surface area contributed by atoms with E-state index < -0.39 is 0 Å². The number of aryl methyl sites for hydroxylation is 1. The maximum absolute atomic E-state index is 6.16. The lowest BCUT2D eigenvalue weighted by Crippen LogP contribution is -2.21. The number of halogens is 1. The van der Waals surface area contributed by atoms with Gasteiger partial charge in [-0.2, -0.15) is 0 Å². The molecule has 1 aliphatic carbocycles. The van der Waals surface area contributed by atoms with Gasteiger partial charge in [-0.1, -0.05) is 23.7 Å². The zero-order valence-corrected chi connectivity index (χ0v) is 10.8. The van der Waals surface area contributed by atoms with Gasteiger partial charge in [-0.15, -0.1) is 0 Å². The minimum atomic E-state index is 0.529. The lowest BCUT2D eigenvalue weighted by molar-refractivity contribution is 0.413. The van der Waals surface area contributed by atoms with E-state index >= 15 is 0 Å². The number of rotatable bonds is 2. The van der Waals surface area contributed by atoms with Crippen molar-refractivity contribution in [1.82, 2.24) is 4.98 Å². The summed E-state index contributed by atoms with van der Waals surface area (Å²) in [6, 6.07) is 7.62. The highest BCUT2D eigenvalue weighted by atomic mass is 35.5. The third-order valence-corrected chi connectivity index (χ3v) is 3.81. The molecule has 4 heteroatoms. The number of nitrogens with two attached hydrogens (primary N) is 1. The molecule has 1 atom stereocenters. The molecule has 1 aromatic heterocycles. The summed E-state index contributed by atoms with van der Waals surface area (Å²) in [5.74, 6) is 2.15. The minimum Gasteiger partial charge on any atom is -0.441 e. The standard InChI is InChI=1S/C14H15ClN2O/c15-11-4-2-1-3-10(11)14-17-12-7-9(8-16)5-6-13(12)18-14/h1-4,9H,5-8,16H2. The summed E-state index contributed by atoms with van der Waals surface area (Å²) in [5, 5.41) is 0.673. The first-order chi connectivity index (χ1) is 8.78. The average molecular weight is 263 g/mol. The molecule has 0 spiro atoms. The van der Waals surface area contributed by atoms with Gasteiger partial charge in [-0.3, -0.25) is 0 Å². The molecule has 1 aliphatic rings. The number of hydrogen-bond donors (Lipinski definition) is 1. The predicted octanol–water partition coefficient (Wildman–Crippen LogP) is 3.06. The fourth-order valence-corrected chi connectivity index (χ4v) is 2.62. The zero-order valence-electron chi connectivity index (χ0n) is 10.0. The molecule has 1 unspecified atom stereocenters. The van der Waals surface area contributed by atoms with Gasteiger partial charge in [0.05, 0.1) is 16.3 Å². The molecule has 2 N–H and O–H groups in total. The van der Waals surface area contributed by atoms with Crippen LogP contribution in [0, 0.1) is 5.92 Å². The van der Waals surface area contributed by atoms with Crippen LogP contribution in [-0.4, -0.2) is 11.5 Å². The average Bonchev–Trinajstić information content (AvgIpc) is 2.81. The van der Waals surface area contributed by atoms with E-state index in [1.54, 1.807) is 0 Å². The van der Waals surface area contributed by atoms with E-state index in [0.717, 1.165) is 36.3 Å². The molecule has 1 aromatic carbocycles. The monoisotopic (exact) mass is 262 g/mol. The largest absolute Gasteiger partial charge is 0.441 e. The topological polar surface area (TPSA) is 52.0 Å². The number of benzene rings is 1. The fourth-order valence-electron chi connectivity index (χ4n) is 2.40. The quantitative estimate of drug-likeness (QED) is 0.905. The van der Waals surface area contributed by atoms with Crippen LogP contribution in [0.2, 0.25) is 5.02 Å². The van der Waals surface area contributed by atoms with Crippen LogP contribution in [0.25, 0.3) is 11.5 Å². The lowest BCUT2D eigenvalue weighted by Gasteiger charge is -2.17. The van der Waals surface area contributed by atoms with E-state index in [1.807, 2.05) is 24.3 Å². The first-order valence-electron chi connectivity index (χ1n) is 6.21. The number of nitrogens with zero attached hydrogens (tertiary/aromatic N) is 1. The van der Waals surface area contributed by atoms with Crippen LogP contribution < -0.4 is 5.73 Å². The van der Waals surface area contributed by atoms with Crippen molar-refractivity contribution in [3.8, 4) is 11.5 Å². The third-order valence-electron chi connectivity index (χ3n) is 3.48. The number of hydrogen-bond acceptors (Lipinski definition) is 3. The highest BCUT2D eigenvalue weighted by molar-refractivity contribution is 6.33. The molecule has 0 bridgehead atoms. The molecule has 3 nitrogen and oxygen atoms in total. The van der Waals surface area contributed by atoms with Gasteiger partial charge >= 0.3 is 0 Å². The highest BCUT2D eigenvalue weighted by Crippen LogP contribution is 2.32. The molecule has 0 fully saturated rings. The SMILES string of the molecule is NCC1CCc2oc(-c3ccccc3Cl)nc2C1. The van der Waals surface area contributed by atoms with Crippen molar-refractivity contribution in [1.29, 1.82) is 0 Å². The van der Waals surface area contributed by atoms with Gasteiger partial charge in [0.2, 0.25) is 5.89 Å². The molecular weight excluding hydrogens is 248 g/mol. The van der Waals surface area contributed by atoms with E-state index in [1.165, 1.54) is 0 Å². The van der Waals surface area contributed by atoms with Crippen LogP contribution in [0.4, 0.5) is 0 Å². The van der Waals surface area contributed by atoms with E-state index in [9.17, 15) is 0 Å². The Morgan fingerprint density at radius 2 is 2.22 bits per heavy atom. The Balaban J connectivity index is 1.97. The van der Waals surface area contributed by atoms with Crippen LogP contribution in [0.1, 0.15) is 17.9 Å². The van der Waals surface area contributed by atoms with E-state index in [2.05, 4.69) is 4.98 Å². The molecule has 0 radical (unpaired) electrons. The molecule has 2 aromatic rings. The second-order valence-corrected chi connectivity index (χ2v) is 5.12. The maximum atomic E-state index is 6.16. The third kappa shape index (κ3) is 2.04. The second kappa shape index (κ2) is 4.75. The summed E-state index contributed by atoms with van der Waals surface area (Å²) in [7, 11) is 0. The Morgan fingerprint density at radius 3 is 3.00 bits per heavy atom. The first kappa shape index (κ1) is 11.8. The summed E-state index contributed by atoms with van der Waals surface area (Å²) in [6.45, 7) is 0.716. The Morgan fingerprint density at radius 1 is 1.39 bits per heavy atom. The Kier molecular flexibility index (Phi) is 3.10. The van der Waals surface area contributed by atoms with E-state index in [4.69, 9.17) is 21.8 Å². The fraction of sp³-hybridized carbons (Fsp3) is 0.357. The maximum Gasteiger partial charge on any atom is 0.228 e. The van der Waals surface area contributed by atoms with Crippen molar-refractivity contribution in [2.45, 2.75) is 19.3 Å². The van der Waals surface area contributed by atoms with Crippen molar-refractivity contribution in [2.24, 2.45) is 11.7 Å². The van der Waals surface area contributed by atoms with Crippen molar-refractivity contribution in [3.63, 3.8) is 0 Å².